The molecule has 94 valence electrons. The van der Waals surface area contributed by atoms with Gasteiger partial charge in [-0.05, 0) is 18.1 Å². The third-order valence-corrected chi connectivity index (χ3v) is 7.24. The molecule has 0 saturated carbocycles. The van der Waals surface area contributed by atoms with Crippen LogP contribution in [0.3, 0.4) is 0 Å². The van der Waals surface area contributed by atoms with Gasteiger partial charge in [-0.2, -0.15) is 0 Å². The summed E-state index contributed by atoms with van der Waals surface area (Å²) in [6.07, 6.45) is 0.937. The lowest BCUT2D eigenvalue weighted by molar-refractivity contribution is -0.111. The van der Waals surface area contributed by atoms with Crippen LogP contribution in [0, 0.1) is 0 Å². The molecule has 0 radical (unpaired) electrons. The number of primary amides is 1. The molecule has 0 heterocycles. The maximum atomic E-state index is 10.3. The van der Waals surface area contributed by atoms with Gasteiger partial charge in [0.25, 0.3) is 5.91 Å². The zero-order valence-electron chi connectivity index (χ0n) is 10.7. The Morgan fingerprint density at radius 2 is 1.94 bits per heavy atom. The SMILES string of the molecule is CC(C)(C)[Si](C)(C)OCCON=CC(N)=O. The van der Waals surface area contributed by atoms with Gasteiger partial charge in [-0.25, -0.2) is 0 Å². The van der Waals surface area contributed by atoms with Crippen LogP contribution in [0.5, 0.6) is 0 Å². The zero-order chi connectivity index (χ0) is 12.8. The molecule has 0 aromatic rings. The van der Waals surface area contributed by atoms with Crippen molar-refractivity contribution >= 4 is 20.4 Å². The number of hydrogen-bond donors (Lipinski definition) is 1. The smallest absolute Gasteiger partial charge is 0.263 e. The first kappa shape index (κ1) is 15.1. The van der Waals surface area contributed by atoms with E-state index in [1.54, 1.807) is 0 Å². The van der Waals surface area contributed by atoms with Crippen LogP contribution >= 0.6 is 0 Å². The summed E-state index contributed by atoms with van der Waals surface area (Å²) in [5.74, 6) is -0.620. The van der Waals surface area contributed by atoms with E-state index in [1.807, 2.05) is 0 Å². The molecule has 0 aliphatic heterocycles. The Bertz CT molecular complexity index is 259. The lowest BCUT2D eigenvalue weighted by atomic mass is 10.2. The molecule has 0 unspecified atom stereocenters. The van der Waals surface area contributed by atoms with Crippen molar-refractivity contribution in [2.24, 2.45) is 10.9 Å². The average molecular weight is 246 g/mol. The molecule has 0 aliphatic rings. The van der Waals surface area contributed by atoms with Crippen LogP contribution in [0.25, 0.3) is 0 Å². The Morgan fingerprint density at radius 3 is 2.38 bits per heavy atom. The highest BCUT2D eigenvalue weighted by Gasteiger charge is 2.36. The van der Waals surface area contributed by atoms with E-state index in [-0.39, 0.29) is 5.04 Å². The minimum absolute atomic E-state index is 0.184. The van der Waals surface area contributed by atoms with Crippen molar-refractivity contribution in [3.63, 3.8) is 0 Å². The minimum atomic E-state index is -1.71. The molecule has 1 amide bonds. The molecule has 0 rings (SSSR count). The molecule has 0 aromatic carbocycles. The van der Waals surface area contributed by atoms with Crippen molar-refractivity contribution in [2.45, 2.75) is 38.9 Å². The summed E-state index contributed by atoms with van der Waals surface area (Å²) in [6, 6.07) is 0. The first-order valence-corrected chi connectivity index (χ1v) is 8.16. The van der Waals surface area contributed by atoms with Crippen molar-refractivity contribution in [1.82, 2.24) is 0 Å². The lowest BCUT2D eigenvalue weighted by Crippen LogP contribution is -2.41. The van der Waals surface area contributed by atoms with Gasteiger partial charge in [0.15, 0.2) is 8.32 Å². The second-order valence-electron chi connectivity index (χ2n) is 5.08. The molecule has 2 N–H and O–H groups in total. The Balaban J connectivity index is 3.79. The highest BCUT2D eigenvalue weighted by Crippen LogP contribution is 2.36. The van der Waals surface area contributed by atoms with Crippen LogP contribution in [0.2, 0.25) is 18.1 Å². The second kappa shape index (κ2) is 6.00. The number of nitrogens with two attached hydrogens (primary N) is 1. The highest BCUT2D eigenvalue weighted by atomic mass is 28.4. The first-order valence-electron chi connectivity index (χ1n) is 5.25. The van der Waals surface area contributed by atoms with Crippen LogP contribution < -0.4 is 5.73 Å². The Labute approximate surface area is 98.1 Å². The number of nitrogens with zero attached hydrogens (tertiary/aromatic N) is 1. The summed E-state index contributed by atoms with van der Waals surface area (Å²) in [4.78, 5) is 15.1. The van der Waals surface area contributed by atoms with Gasteiger partial charge in [0.2, 0.25) is 0 Å². The maximum absolute atomic E-state index is 10.3. The van der Waals surface area contributed by atoms with Crippen molar-refractivity contribution < 1.29 is 14.1 Å². The third-order valence-electron chi connectivity index (χ3n) is 2.70. The molecule has 0 fully saturated rings. The average Bonchev–Trinajstić information content (AvgIpc) is 2.08. The van der Waals surface area contributed by atoms with Crippen LogP contribution in [0.15, 0.2) is 5.16 Å². The lowest BCUT2D eigenvalue weighted by Gasteiger charge is -2.35. The Morgan fingerprint density at radius 1 is 1.38 bits per heavy atom. The monoisotopic (exact) mass is 246 g/mol. The van der Waals surface area contributed by atoms with Crippen molar-refractivity contribution in [3.05, 3.63) is 0 Å². The molecule has 6 heteroatoms. The Hall–Kier alpha value is -0.883. The van der Waals surface area contributed by atoms with Crippen LogP contribution in [-0.2, 0) is 14.1 Å². The number of carbonyl (C=O) groups excluding carboxylic acids is 1. The predicted molar refractivity (Wildman–Crippen MR) is 66.8 cm³/mol. The Kier molecular flexibility index (Phi) is 5.67. The van der Waals surface area contributed by atoms with E-state index in [0.29, 0.717) is 13.2 Å². The van der Waals surface area contributed by atoms with Gasteiger partial charge in [-0.15, -0.1) is 0 Å². The zero-order valence-corrected chi connectivity index (χ0v) is 11.7. The summed E-state index contributed by atoms with van der Waals surface area (Å²) in [7, 11) is -1.71. The maximum Gasteiger partial charge on any atom is 0.263 e. The van der Waals surface area contributed by atoms with E-state index in [2.05, 4.69) is 39.0 Å². The number of hydrogen-bond acceptors (Lipinski definition) is 4. The van der Waals surface area contributed by atoms with E-state index in [0.717, 1.165) is 6.21 Å². The largest absolute Gasteiger partial charge is 0.413 e. The van der Waals surface area contributed by atoms with Crippen LogP contribution in [0.4, 0.5) is 0 Å². The fourth-order valence-corrected chi connectivity index (χ4v) is 1.72. The fourth-order valence-electron chi connectivity index (χ4n) is 0.693. The van der Waals surface area contributed by atoms with E-state index in [4.69, 9.17) is 15.0 Å². The summed E-state index contributed by atoms with van der Waals surface area (Å²) in [5.41, 5.74) is 4.84. The predicted octanol–water partition coefficient (Wildman–Crippen LogP) is 1.50. The quantitative estimate of drug-likeness (QED) is 0.334. The standard InChI is InChI=1S/C10H22N2O3Si/c1-10(2,3)16(4,5)15-7-6-14-12-8-9(11)13/h8H,6-7H2,1-5H3,(H2,11,13). The first-order chi connectivity index (χ1) is 7.17. The van der Waals surface area contributed by atoms with Crippen molar-refractivity contribution in [2.75, 3.05) is 13.2 Å². The highest BCUT2D eigenvalue weighted by molar-refractivity contribution is 6.74. The number of rotatable bonds is 6. The minimum Gasteiger partial charge on any atom is -0.413 e. The normalized spacial score (nSPS) is 13.1. The van der Waals surface area contributed by atoms with E-state index in [1.165, 1.54) is 0 Å². The molecule has 0 aromatic heterocycles. The number of oxime groups is 1. The molecule has 0 atom stereocenters. The van der Waals surface area contributed by atoms with Crippen LogP contribution in [0.1, 0.15) is 20.8 Å². The van der Waals surface area contributed by atoms with Gasteiger partial charge in [0.05, 0.1) is 6.61 Å². The van der Waals surface area contributed by atoms with Gasteiger partial charge in [-0.1, -0.05) is 25.9 Å². The van der Waals surface area contributed by atoms with Crippen molar-refractivity contribution in [1.29, 1.82) is 0 Å². The molecular formula is C10H22N2O3Si. The molecule has 5 nitrogen and oxygen atoms in total. The molecule has 0 bridgehead atoms. The molecular weight excluding hydrogens is 224 g/mol. The van der Waals surface area contributed by atoms with Crippen molar-refractivity contribution in [3.8, 4) is 0 Å². The van der Waals surface area contributed by atoms with Gasteiger partial charge >= 0.3 is 0 Å². The van der Waals surface area contributed by atoms with Gasteiger partial charge < -0.3 is 15.0 Å². The summed E-state index contributed by atoms with van der Waals surface area (Å²) in [5, 5.41) is 3.57. The van der Waals surface area contributed by atoms with Crippen LogP contribution in [-0.4, -0.2) is 33.7 Å². The van der Waals surface area contributed by atoms with Gasteiger partial charge in [-0.3, -0.25) is 4.79 Å². The fraction of sp³-hybridized carbons (Fsp3) is 0.800. The molecule has 0 spiro atoms. The molecule has 0 saturated heterocycles. The summed E-state index contributed by atoms with van der Waals surface area (Å²) in [6.45, 7) is 11.7. The number of carbonyl (C=O) groups is 1. The molecule has 16 heavy (non-hydrogen) atoms. The number of amides is 1. The summed E-state index contributed by atoms with van der Waals surface area (Å²) < 4.78 is 5.82. The second-order valence-corrected chi connectivity index (χ2v) is 9.89. The topological polar surface area (TPSA) is 73.9 Å². The third kappa shape index (κ3) is 5.87. The summed E-state index contributed by atoms with van der Waals surface area (Å²) >= 11 is 0. The van der Waals surface area contributed by atoms with Gasteiger partial charge in [0.1, 0.15) is 12.8 Å². The molecule has 0 aliphatic carbocycles. The van der Waals surface area contributed by atoms with Gasteiger partial charge in [0, 0.05) is 0 Å². The van der Waals surface area contributed by atoms with E-state index >= 15 is 0 Å². The van der Waals surface area contributed by atoms with E-state index in [9.17, 15) is 4.79 Å². The van der Waals surface area contributed by atoms with E-state index < -0.39 is 14.2 Å².